The van der Waals surface area contributed by atoms with Gasteiger partial charge in [0.05, 0.1) is 18.2 Å². The SMILES string of the molecule is Cc1cccc(C(O)c2cncn2Cc2ccc(N3CCCC(C)C3=O)c(C)c2)c1. The molecule has 1 N–H and O–H groups in total. The molecule has 0 spiro atoms. The molecule has 2 heterocycles. The molecule has 5 heteroatoms. The molecule has 1 fully saturated rings. The van der Waals surface area contributed by atoms with Crippen molar-refractivity contribution in [3.8, 4) is 0 Å². The van der Waals surface area contributed by atoms with Crippen LogP contribution in [0.3, 0.4) is 0 Å². The zero-order chi connectivity index (χ0) is 21.3. The summed E-state index contributed by atoms with van der Waals surface area (Å²) in [4.78, 5) is 18.8. The third-order valence-corrected chi connectivity index (χ3v) is 5.99. The number of carbonyl (C=O) groups is 1. The number of aliphatic hydroxyl groups is 1. The van der Waals surface area contributed by atoms with E-state index in [0.29, 0.717) is 6.54 Å². The standard InChI is InChI=1S/C25H29N3O2/c1-17-6-4-8-21(12-17)24(29)23-14-26-16-27(23)15-20-9-10-22(19(3)13-20)28-11-5-7-18(2)25(28)30/h4,6,8-10,12-14,16,18,24,29H,5,7,11,15H2,1-3H3. The van der Waals surface area contributed by atoms with Gasteiger partial charge in [0.2, 0.25) is 5.91 Å². The molecule has 3 aromatic rings. The van der Waals surface area contributed by atoms with Gasteiger partial charge in [-0.2, -0.15) is 0 Å². The van der Waals surface area contributed by atoms with Crippen molar-refractivity contribution in [1.29, 1.82) is 0 Å². The molecule has 156 valence electrons. The Morgan fingerprint density at radius 1 is 1.20 bits per heavy atom. The van der Waals surface area contributed by atoms with Gasteiger partial charge in [0.25, 0.3) is 0 Å². The second-order valence-electron chi connectivity index (χ2n) is 8.42. The van der Waals surface area contributed by atoms with Gasteiger partial charge in [-0.3, -0.25) is 4.79 Å². The van der Waals surface area contributed by atoms with Gasteiger partial charge in [0, 0.05) is 24.7 Å². The Hall–Kier alpha value is -2.92. The Balaban J connectivity index is 1.55. The van der Waals surface area contributed by atoms with Gasteiger partial charge in [-0.1, -0.05) is 48.9 Å². The molecule has 2 atom stereocenters. The second-order valence-corrected chi connectivity index (χ2v) is 8.42. The molecule has 1 aliphatic rings. The third-order valence-electron chi connectivity index (χ3n) is 5.99. The van der Waals surface area contributed by atoms with E-state index in [4.69, 9.17) is 0 Å². The van der Waals surface area contributed by atoms with E-state index in [9.17, 15) is 9.90 Å². The highest BCUT2D eigenvalue weighted by molar-refractivity contribution is 5.96. The normalized spacial score (nSPS) is 17.9. The highest BCUT2D eigenvalue weighted by Gasteiger charge is 2.27. The van der Waals surface area contributed by atoms with Crippen LogP contribution in [0, 0.1) is 19.8 Å². The summed E-state index contributed by atoms with van der Waals surface area (Å²) in [7, 11) is 0. The van der Waals surface area contributed by atoms with E-state index in [1.54, 1.807) is 12.5 Å². The number of nitrogens with zero attached hydrogens (tertiary/aromatic N) is 3. The van der Waals surface area contributed by atoms with Crippen molar-refractivity contribution in [3.63, 3.8) is 0 Å². The van der Waals surface area contributed by atoms with E-state index in [2.05, 4.69) is 24.0 Å². The molecular formula is C25H29N3O2. The maximum atomic E-state index is 12.6. The third kappa shape index (κ3) is 4.03. The Labute approximate surface area is 178 Å². The van der Waals surface area contributed by atoms with Crippen LogP contribution in [0.25, 0.3) is 0 Å². The van der Waals surface area contributed by atoms with Gasteiger partial charge >= 0.3 is 0 Å². The smallest absolute Gasteiger partial charge is 0.229 e. The first kappa shape index (κ1) is 20.4. The van der Waals surface area contributed by atoms with Crippen molar-refractivity contribution in [1.82, 2.24) is 9.55 Å². The molecule has 0 saturated carbocycles. The molecular weight excluding hydrogens is 374 g/mol. The van der Waals surface area contributed by atoms with E-state index >= 15 is 0 Å². The number of anilines is 1. The summed E-state index contributed by atoms with van der Waals surface area (Å²) < 4.78 is 1.98. The summed E-state index contributed by atoms with van der Waals surface area (Å²) in [5.41, 5.74) is 5.95. The van der Waals surface area contributed by atoms with Gasteiger partial charge in [-0.05, 0) is 49.4 Å². The fraction of sp³-hybridized carbons (Fsp3) is 0.360. The summed E-state index contributed by atoms with van der Waals surface area (Å²) in [6.45, 7) is 7.49. The predicted octanol–water partition coefficient (Wildman–Crippen LogP) is 4.39. The lowest BCUT2D eigenvalue weighted by Gasteiger charge is -2.32. The molecule has 2 unspecified atom stereocenters. The summed E-state index contributed by atoms with van der Waals surface area (Å²) in [6, 6.07) is 14.2. The van der Waals surface area contributed by atoms with Crippen LogP contribution in [0.15, 0.2) is 55.0 Å². The minimum Gasteiger partial charge on any atom is -0.382 e. The Morgan fingerprint density at radius 2 is 2.03 bits per heavy atom. The fourth-order valence-corrected chi connectivity index (χ4v) is 4.31. The van der Waals surface area contributed by atoms with Crippen molar-refractivity contribution in [2.75, 3.05) is 11.4 Å². The minimum absolute atomic E-state index is 0.0921. The summed E-state index contributed by atoms with van der Waals surface area (Å²) in [5.74, 6) is 0.310. The number of aromatic nitrogens is 2. The Kier molecular flexibility index (Phi) is 5.73. The highest BCUT2D eigenvalue weighted by atomic mass is 16.3. The first-order chi connectivity index (χ1) is 14.4. The largest absolute Gasteiger partial charge is 0.382 e. The lowest BCUT2D eigenvalue weighted by molar-refractivity contribution is -0.123. The van der Waals surface area contributed by atoms with Crippen LogP contribution in [0.1, 0.15) is 53.8 Å². The summed E-state index contributed by atoms with van der Waals surface area (Å²) in [6.07, 6.45) is 4.78. The lowest BCUT2D eigenvalue weighted by Crippen LogP contribution is -2.40. The molecule has 0 radical (unpaired) electrons. The second kappa shape index (κ2) is 8.44. The Morgan fingerprint density at radius 3 is 2.80 bits per heavy atom. The number of aryl methyl sites for hydroxylation is 2. The number of rotatable bonds is 5. The molecule has 1 aliphatic heterocycles. The number of piperidine rings is 1. The predicted molar refractivity (Wildman–Crippen MR) is 118 cm³/mol. The molecule has 2 aromatic carbocycles. The number of hydrogen-bond acceptors (Lipinski definition) is 3. The van der Waals surface area contributed by atoms with Gasteiger partial charge in [0.15, 0.2) is 0 Å². The van der Waals surface area contributed by atoms with Crippen molar-refractivity contribution >= 4 is 11.6 Å². The number of carbonyl (C=O) groups excluding carboxylic acids is 1. The minimum atomic E-state index is -0.722. The van der Waals surface area contributed by atoms with Gasteiger partial charge < -0.3 is 14.6 Å². The number of imidazole rings is 1. The van der Waals surface area contributed by atoms with Crippen LogP contribution in [-0.4, -0.2) is 27.1 Å². The molecule has 5 nitrogen and oxygen atoms in total. The van der Waals surface area contributed by atoms with Crippen LogP contribution in [0.5, 0.6) is 0 Å². The molecule has 0 aliphatic carbocycles. The zero-order valence-electron chi connectivity index (χ0n) is 17.9. The molecule has 1 aromatic heterocycles. The number of amides is 1. The monoisotopic (exact) mass is 403 g/mol. The first-order valence-electron chi connectivity index (χ1n) is 10.6. The van der Waals surface area contributed by atoms with Crippen LogP contribution in [-0.2, 0) is 11.3 Å². The molecule has 30 heavy (non-hydrogen) atoms. The summed E-state index contributed by atoms with van der Waals surface area (Å²) in [5, 5.41) is 10.9. The molecule has 0 bridgehead atoms. The van der Waals surface area contributed by atoms with E-state index in [0.717, 1.165) is 53.0 Å². The molecule has 4 rings (SSSR count). The maximum Gasteiger partial charge on any atom is 0.229 e. The van der Waals surface area contributed by atoms with Crippen LogP contribution >= 0.6 is 0 Å². The summed E-state index contributed by atoms with van der Waals surface area (Å²) >= 11 is 0. The van der Waals surface area contributed by atoms with Crippen molar-refractivity contribution in [3.05, 3.63) is 82.9 Å². The lowest BCUT2D eigenvalue weighted by atomic mass is 9.97. The molecule has 1 amide bonds. The van der Waals surface area contributed by atoms with E-state index in [1.807, 2.05) is 53.6 Å². The Bertz CT molecular complexity index is 1060. The van der Waals surface area contributed by atoms with Gasteiger partial charge in [-0.25, -0.2) is 4.98 Å². The highest BCUT2D eigenvalue weighted by Crippen LogP contribution is 2.29. The van der Waals surface area contributed by atoms with Crippen LogP contribution < -0.4 is 4.90 Å². The van der Waals surface area contributed by atoms with Crippen LogP contribution in [0.2, 0.25) is 0 Å². The van der Waals surface area contributed by atoms with Gasteiger partial charge in [-0.15, -0.1) is 0 Å². The maximum absolute atomic E-state index is 12.6. The van der Waals surface area contributed by atoms with E-state index in [-0.39, 0.29) is 11.8 Å². The van der Waals surface area contributed by atoms with E-state index < -0.39 is 6.10 Å². The van der Waals surface area contributed by atoms with Crippen molar-refractivity contribution in [2.24, 2.45) is 5.92 Å². The topological polar surface area (TPSA) is 58.4 Å². The van der Waals surface area contributed by atoms with Crippen LogP contribution in [0.4, 0.5) is 5.69 Å². The van der Waals surface area contributed by atoms with E-state index in [1.165, 1.54) is 0 Å². The fourth-order valence-electron chi connectivity index (χ4n) is 4.31. The van der Waals surface area contributed by atoms with Crippen molar-refractivity contribution < 1.29 is 9.90 Å². The zero-order valence-corrected chi connectivity index (χ0v) is 17.9. The number of hydrogen-bond donors (Lipinski definition) is 1. The van der Waals surface area contributed by atoms with Gasteiger partial charge in [0.1, 0.15) is 6.10 Å². The van der Waals surface area contributed by atoms with Crippen molar-refractivity contribution in [2.45, 2.75) is 46.3 Å². The number of benzene rings is 2. The average molecular weight is 404 g/mol. The average Bonchev–Trinajstić information content (AvgIpc) is 3.18. The number of aliphatic hydroxyl groups excluding tert-OH is 1. The molecule has 1 saturated heterocycles. The quantitative estimate of drug-likeness (QED) is 0.687. The first-order valence-corrected chi connectivity index (χ1v) is 10.6.